The summed E-state index contributed by atoms with van der Waals surface area (Å²) in [4.78, 5) is 15.9. The first-order chi connectivity index (χ1) is 9.63. The molecule has 108 valence electrons. The van der Waals surface area contributed by atoms with E-state index in [4.69, 9.17) is 5.73 Å². The number of para-hydroxylation sites is 2. The first kappa shape index (κ1) is 14.4. The topological polar surface area (TPSA) is 69.8 Å². The van der Waals surface area contributed by atoms with Crippen molar-refractivity contribution in [3.63, 3.8) is 0 Å². The summed E-state index contributed by atoms with van der Waals surface area (Å²) in [5.41, 5.74) is 6.63. The van der Waals surface area contributed by atoms with Crippen molar-refractivity contribution in [2.24, 2.45) is 5.73 Å². The first-order valence-corrected chi connectivity index (χ1v) is 6.81. The van der Waals surface area contributed by atoms with Crippen molar-refractivity contribution in [2.45, 2.75) is 12.5 Å². The lowest BCUT2D eigenvalue weighted by atomic mass is 10.1. The van der Waals surface area contributed by atoms with Gasteiger partial charge in [-0.3, -0.25) is 4.79 Å². The second kappa shape index (κ2) is 6.43. The van der Waals surface area contributed by atoms with Crippen molar-refractivity contribution < 1.29 is 9.90 Å². The number of nitrogens with zero attached hydrogens (tertiary/aromatic N) is 2. The summed E-state index contributed by atoms with van der Waals surface area (Å²) in [5, 5.41) is 9.84. The Hall–Kier alpha value is -2.01. The van der Waals surface area contributed by atoms with Crippen LogP contribution in [-0.4, -0.2) is 48.1 Å². The van der Waals surface area contributed by atoms with Crippen LogP contribution in [0.4, 0.5) is 5.69 Å². The van der Waals surface area contributed by atoms with E-state index in [0.29, 0.717) is 32.6 Å². The molecule has 1 amide bonds. The van der Waals surface area contributed by atoms with Crippen LogP contribution in [-0.2, 0) is 4.79 Å². The maximum atomic E-state index is 12.1. The lowest BCUT2D eigenvalue weighted by Gasteiger charge is -2.37. The number of benzene rings is 1. The average Bonchev–Trinajstić information content (AvgIpc) is 2.47. The van der Waals surface area contributed by atoms with Gasteiger partial charge in [-0.15, -0.1) is 6.58 Å². The molecule has 20 heavy (non-hydrogen) atoms. The zero-order chi connectivity index (χ0) is 14.5. The van der Waals surface area contributed by atoms with Gasteiger partial charge in [0.25, 0.3) is 0 Å². The fourth-order valence-corrected chi connectivity index (χ4v) is 2.41. The van der Waals surface area contributed by atoms with E-state index in [0.717, 1.165) is 5.69 Å². The molecule has 1 fully saturated rings. The average molecular weight is 275 g/mol. The summed E-state index contributed by atoms with van der Waals surface area (Å²) < 4.78 is 0. The van der Waals surface area contributed by atoms with Gasteiger partial charge >= 0.3 is 0 Å². The second-order valence-corrected chi connectivity index (χ2v) is 4.93. The third-order valence-electron chi connectivity index (χ3n) is 3.55. The molecule has 1 heterocycles. The van der Waals surface area contributed by atoms with Crippen molar-refractivity contribution in [3.8, 4) is 5.75 Å². The molecule has 1 atom stereocenters. The van der Waals surface area contributed by atoms with Crippen molar-refractivity contribution in [3.05, 3.63) is 36.9 Å². The summed E-state index contributed by atoms with van der Waals surface area (Å²) >= 11 is 0. The van der Waals surface area contributed by atoms with Crippen LogP contribution in [0.15, 0.2) is 36.9 Å². The van der Waals surface area contributed by atoms with Gasteiger partial charge in [0.2, 0.25) is 5.91 Å². The number of carbonyl (C=O) groups excluding carboxylic acids is 1. The van der Waals surface area contributed by atoms with Crippen molar-refractivity contribution >= 4 is 11.6 Å². The number of anilines is 1. The van der Waals surface area contributed by atoms with Crippen LogP contribution in [0.25, 0.3) is 0 Å². The molecule has 0 spiro atoms. The number of piperazine rings is 1. The van der Waals surface area contributed by atoms with E-state index >= 15 is 0 Å². The van der Waals surface area contributed by atoms with Crippen LogP contribution < -0.4 is 10.6 Å². The third kappa shape index (κ3) is 3.11. The molecule has 1 saturated heterocycles. The number of amides is 1. The molecular weight excluding hydrogens is 254 g/mol. The molecule has 1 aliphatic heterocycles. The monoisotopic (exact) mass is 275 g/mol. The molecule has 3 N–H and O–H groups in total. The molecule has 0 saturated carbocycles. The summed E-state index contributed by atoms with van der Waals surface area (Å²) in [6.45, 7) is 6.25. The molecule has 5 heteroatoms. The summed E-state index contributed by atoms with van der Waals surface area (Å²) in [7, 11) is 0. The molecule has 1 aromatic carbocycles. The highest BCUT2D eigenvalue weighted by atomic mass is 16.3. The van der Waals surface area contributed by atoms with Gasteiger partial charge in [0.15, 0.2) is 0 Å². The molecule has 0 aliphatic carbocycles. The molecular formula is C15H21N3O2. The molecule has 5 nitrogen and oxygen atoms in total. The number of hydrogen-bond acceptors (Lipinski definition) is 4. The van der Waals surface area contributed by atoms with E-state index in [-0.39, 0.29) is 11.7 Å². The van der Waals surface area contributed by atoms with Crippen LogP contribution in [0.3, 0.4) is 0 Å². The normalized spacial score (nSPS) is 16.9. The van der Waals surface area contributed by atoms with Gasteiger partial charge in [0, 0.05) is 26.2 Å². The quantitative estimate of drug-likeness (QED) is 0.803. The maximum Gasteiger partial charge on any atom is 0.239 e. The van der Waals surface area contributed by atoms with Crippen LogP contribution in [0, 0.1) is 0 Å². The zero-order valence-corrected chi connectivity index (χ0v) is 11.5. The van der Waals surface area contributed by atoms with Crippen molar-refractivity contribution in [1.29, 1.82) is 0 Å². The maximum absolute atomic E-state index is 12.1. The Labute approximate surface area is 119 Å². The fraction of sp³-hybridized carbons (Fsp3) is 0.400. The Morgan fingerprint density at radius 2 is 2.00 bits per heavy atom. The predicted octanol–water partition coefficient (Wildman–Crippen LogP) is 0.944. The predicted molar refractivity (Wildman–Crippen MR) is 79.7 cm³/mol. The molecule has 0 bridgehead atoms. The van der Waals surface area contributed by atoms with Crippen LogP contribution >= 0.6 is 0 Å². The highest BCUT2D eigenvalue weighted by Crippen LogP contribution is 2.27. The standard InChI is InChI=1S/C15H21N3O2/c1-2-5-12(16)15(20)18-10-8-17(9-11-18)13-6-3-4-7-14(13)19/h2-4,6-7,12,19H,1,5,8-11,16H2. The number of hydrogen-bond donors (Lipinski definition) is 2. The van der Waals surface area contributed by atoms with Gasteiger partial charge in [0.1, 0.15) is 5.75 Å². The molecule has 1 aromatic rings. The van der Waals surface area contributed by atoms with Gasteiger partial charge in [-0.05, 0) is 18.6 Å². The lowest BCUT2D eigenvalue weighted by molar-refractivity contribution is -0.132. The van der Waals surface area contributed by atoms with E-state index < -0.39 is 6.04 Å². The molecule has 1 aliphatic rings. The minimum Gasteiger partial charge on any atom is -0.506 e. The summed E-state index contributed by atoms with van der Waals surface area (Å²) in [6, 6.07) is 6.76. The fourth-order valence-electron chi connectivity index (χ4n) is 2.41. The van der Waals surface area contributed by atoms with Gasteiger partial charge < -0.3 is 20.6 Å². The smallest absolute Gasteiger partial charge is 0.239 e. The minimum absolute atomic E-state index is 0.0261. The van der Waals surface area contributed by atoms with E-state index in [2.05, 4.69) is 11.5 Å². The Kier molecular flexibility index (Phi) is 4.63. The lowest BCUT2D eigenvalue weighted by Crippen LogP contribution is -2.53. The molecule has 0 radical (unpaired) electrons. The van der Waals surface area contributed by atoms with E-state index in [9.17, 15) is 9.90 Å². The Morgan fingerprint density at radius 1 is 1.35 bits per heavy atom. The van der Waals surface area contributed by atoms with Crippen LogP contribution in [0.5, 0.6) is 5.75 Å². The van der Waals surface area contributed by atoms with E-state index in [1.54, 1.807) is 23.1 Å². The minimum atomic E-state index is -0.496. The zero-order valence-electron chi connectivity index (χ0n) is 11.5. The van der Waals surface area contributed by atoms with E-state index in [1.165, 1.54) is 0 Å². The van der Waals surface area contributed by atoms with Gasteiger partial charge in [-0.1, -0.05) is 18.2 Å². The Morgan fingerprint density at radius 3 is 2.60 bits per heavy atom. The number of nitrogens with two attached hydrogens (primary N) is 1. The number of phenolic OH excluding ortho intramolecular Hbond substituents is 1. The number of phenols is 1. The van der Waals surface area contributed by atoms with Gasteiger partial charge in [-0.2, -0.15) is 0 Å². The highest BCUT2D eigenvalue weighted by molar-refractivity contribution is 5.82. The van der Waals surface area contributed by atoms with Crippen molar-refractivity contribution in [2.75, 3.05) is 31.1 Å². The summed E-state index contributed by atoms with van der Waals surface area (Å²) in [5.74, 6) is 0.248. The van der Waals surface area contributed by atoms with E-state index in [1.807, 2.05) is 12.1 Å². The highest BCUT2D eigenvalue weighted by Gasteiger charge is 2.25. The Balaban J connectivity index is 1.94. The largest absolute Gasteiger partial charge is 0.506 e. The van der Waals surface area contributed by atoms with Crippen molar-refractivity contribution in [1.82, 2.24) is 4.90 Å². The third-order valence-corrected chi connectivity index (χ3v) is 3.55. The summed E-state index contributed by atoms with van der Waals surface area (Å²) in [6.07, 6.45) is 2.17. The number of aromatic hydroxyl groups is 1. The number of rotatable bonds is 4. The van der Waals surface area contributed by atoms with Crippen LogP contribution in [0.1, 0.15) is 6.42 Å². The SMILES string of the molecule is C=CCC(N)C(=O)N1CCN(c2ccccc2O)CC1. The Bertz CT molecular complexity index is 482. The molecule has 1 unspecified atom stereocenters. The van der Waals surface area contributed by atoms with Gasteiger partial charge in [-0.25, -0.2) is 0 Å². The number of carbonyl (C=O) groups is 1. The van der Waals surface area contributed by atoms with Gasteiger partial charge in [0.05, 0.1) is 11.7 Å². The second-order valence-electron chi connectivity index (χ2n) is 4.93. The molecule has 2 rings (SSSR count). The first-order valence-electron chi connectivity index (χ1n) is 6.81. The molecule has 0 aromatic heterocycles. The van der Waals surface area contributed by atoms with Crippen LogP contribution in [0.2, 0.25) is 0 Å².